The van der Waals surface area contributed by atoms with Crippen LogP contribution in [0.1, 0.15) is 24.8 Å². The number of hydrogen-bond acceptors (Lipinski definition) is 2. The molecule has 0 aliphatic heterocycles. The van der Waals surface area contributed by atoms with Crippen molar-refractivity contribution in [1.29, 1.82) is 0 Å². The molecule has 1 saturated carbocycles. The maximum atomic E-state index is 13.1. The SMILES string of the molecule is O=C(CCNC1CC1)Cc1ccc(Cl)c(F)c1. The van der Waals surface area contributed by atoms with Gasteiger partial charge in [-0.1, -0.05) is 17.7 Å². The van der Waals surface area contributed by atoms with E-state index in [1.165, 1.54) is 25.0 Å². The number of benzene rings is 1. The van der Waals surface area contributed by atoms with Gasteiger partial charge in [0.05, 0.1) is 5.02 Å². The fraction of sp³-hybridized carbons (Fsp3) is 0.462. The minimum atomic E-state index is -0.465. The molecule has 0 heterocycles. The normalized spacial score (nSPS) is 14.9. The highest BCUT2D eigenvalue weighted by Crippen LogP contribution is 2.18. The molecule has 1 fully saturated rings. The lowest BCUT2D eigenvalue weighted by Crippen LogP contribution is -2.20. The average molecular weight is 256 g/mol. The number of nitrogens with one attached hydrogen (secondary N) is 1. The van der Waals surface area contributed by atoms with Gasteiger partial charge in [0.25, 0.3) is 0 Å². The van der Waals surface area contributed by atoms with Gasteiger partial charge in [-0.25, -0.2) is 4.39 Å². The first kappa shape index (κ1) is 12.5. The minimum Gasteiger partial charge on any atom is -0.314 e. The molecular weight excluding hydrogens is 241 g/mol. The zero-order valence-electron chi connectivity index (χ0n) is 9.51. The third-order valence-electron chi connectivity index (χ3n) is 2.80. The zero-order valence-corrected chi connectivity index (χ0v) is 10.3. The molecule has 0 unspecified atom stereocenters. The summed E-state index contributed by atoms with van der Waals surface area (Å²) in [7, 11) is 0. The molecular formula is C13H15ClFNO. The first-order valence-electron chi connectivity index (χ1n) is 5.84. The van der Waals surface area contributed by atoms with Gasteiger partial charge in [-0.05, 0) is 30.5 Å². The Morgan fingerprint density at radius 1 is 1.47 bits per heavy atom. The second-order valence-corrected chi connectivity index (χ2v) is 4.85. The molecule has 0 saturated heterocycles. The molecule has 0 atom stereocenters. The molecule has 4 heteroatoms. The lowest BCUT2D eigenvalue weighted by Gasteiger charge is -2.03. The van der Waals surface area contributed by atoms with Gasteiger partial charge < -0.3 is 5.32 Å². The van der Waals surface area contributed by atoms with E-state index in [1.807, 2.05) is 0 Å². The molecule has 1 N–H and O–H groups in total. The summed E-state index contributed by atoms with van der Waals surface area (Å²) in [5, 5.41) is 3.37. The van der Waals surface area contributed by atoms with Crippen molar-refractivity contribution in [3.05, 3.63) is 34.6 Å². The maximum Gasteiger partial charge on any atom is 0.142 e. The highest BCUT2D eigenvalue weighted by molar-refractivity contribution is 6.30. The van der Waals surface area contributed by atoms with Gasteiger partial charge in [0.1, 0.15) is 11.6 Å². The van der Waals surface area contributed by atoms with E-state index in [1.54, 1.807) is 6.07 Å². The Morgan fingerprint density at radius 2 is 2.24 bits per heavy atom. The standard InChI is InChI=1S/C13H15ClFNO/c14-12-4-1-9(8-13(12)15)7-11(17)5-6-16-10-2-3-10/h1,4,8,10,16H,2-3,5-7H2. The third kappa shape index (κ3) is 4.10. The molecule has 92 valence electrons. The van der Waals surface area contributed by atoms with Gasteiger partial charge in [0, 0.05) is 25.4 Å². The monoisotopic (exact) mass is 255 g/mol. The van der Waals surface area contributed by atoms with Crippen LogP contribution in [0.15, 0.2) is 18.2 Å². The Balaban J connectivity index is 1.77. The summed E-state index contributed by atoms with van der Waals surface area (Å²) in [6, 6.07) is 5.13. The van der Waals surface area contributed by atoms with Crippen molar-refractivity contribution >= 4 is 17.4 Å². The van der Waals surface area contributed by atoms with Crippen molar-refractivity contribution in [2.45, 2.75) is 31.7 Å². The molecule has 2 rings (SSSR count). The Bertz CT molecular complexity index is 418. The molecule has 0 amide bonds. The number of carbonyl (C=O) groups is 1. The third-order valence-corrected chi connectivity index (χ3v) is 3.11. The molecule has 0 spiro atoms. The number of carbonyl (C=O) groups excluding carboxylic acids is 1. The molecule has 17 heavy (non-hydrogen) atoms. The second kappa shape index (κ2) is 5.61. The van der Waals surface area contributed by atoms with Crippen molar-refractivity contribution in [1.82, 2.24) is 5.32 Å². The maximum absolute atomic E-state index is 13.1. The van der Waals surface area contributed by atoms with Crippen LogP contribution in [-0.2, 0) is 11.2 Å². The molecule has 2 nitrogen and oxygen atoms in total. The predicted octanol–water partition coefficient (Wildman–Crippen LogP) is 2.73. The van der Waals surface area contributed by atoms with Crippen molar-refractivity contribution in [3.63, 3.8) is 0 Å². The fourth-order valence-corrected chi connectivity index (χ4v) is 1.79. The summed E-state index contributed by atoms with van der Waals surface area (Å²) in [5.74, 6) is -0.340. The van der Waals surface area contributed by atoms with Crippen LogP contribution in [0.4, 0.5) is 4.39 Å². The topological polar surface area (TPSA) is 29.1 Å². The lowest BCUT2D eigenvalue weighted by atomic mass is 10.1. The van der Waals surface area contributed by atoms with Crippen molar-refractivity contribution in [2.24, 2.45) is 0 Å². The van der Waals surface area contributed by atoms with Crippen LogP contribution < -0.4 is 5.32 Å². The van der Waals surface area contributed by atoms with Crippen LogP contribution in [0.5, 0.6) is 0 Å². The van der Waals surface area contributed by atoms with Gasteiger partial charge in [0.2, 0.25) is 0 Å². The predicted molar refractivity (Wildman–Crippen MR) is 65.8 cm³/mol. The van der Waals surface area contributed by atoms with E-state index in [0.717, 1.165) is 6.54 Å². The number of hydrogen-bond donors (Lipinski definition) is 1. The van der Waals surface area contributed by atoms with Crippen molar-refractivity contribution in [2.75, 3.05) is 6.54 Å². The van der Waals surface area contributed by atoms with Gasteiger partial charge in [0.15, 0.2) is 0 Å². The smallest absolute Gasteiger partial charge is 0.142 e. The van der Waals surface area contributed by atoms with E-state index in [-0.39, 0.29) is 17.2 Å². The Labute approximate surface area is 105 Å². The first-order valence-corrected chi connectivity index (χ1v) is 6.22. The van der Waals surface area contributed by atoms with Crippen LogP contribution in [0.3, 0.4) is 0 Å². The van der Waals surface area contributed by atoms with Gasteiger partial charge >= 0.3 is 0 Å². The highest BCUT2D eigenvalue weighted by Gasteiger charge is 2.20. The lowest BCUT2D eigenvalue weighted by molar-refractivity contribution is -0.118. The van der Waals surface area contributed by atoms with Gasteiger partial charge in [-0.2, -0.15) is 0 Å². The summed E-state index contributed by atoms with van der Waals surface area (Å²) in [6.07, 6.45) is 3.22. The molecule has 1 aromatic rings. The number of Topliss-reactive ketones (excluding diaryl/α,β-unsaturated/α-hetero) is 1. The van der Waals surface area contributed by atoms with Crippen LogP contribution in [-0.4, -0.2) is 18.4 Å². The van der Waals surface area contributed by atoms with E-state index in [4.69, 9.17) is 11.6 Å². The Kier molecular flexibility index (Phi) is 4.13. The summed E-state index contributed by atoms with van der Waals surface area (Å²) in [5.41, 5.74) is 0.684. The van der Waals surface area contributed by atoms with E-state index < -0.39 is 5.82 Å². The second-order valence-electron chi connectivity index (χ2n) is 4.44. The summed E-state index contributed by atoms with van der Waals surface area (Å²) in [6.45, 7) is 0.722. The van der Waals surface area contributed by atoms with Crippen LogP contribution >= 0.6 is 11.6 Å². The number of ketones is 1. The van der Waals surface area contributed by atoms with Crippen LogP contribution in [0.25, 0.3) is 0 Å². The van der Waals surface area contributed by atoms with E-state index >= 15 is 0 Å². The quantitative estimate of drug-likeness (QED) is 0.847. The van der Waals surface area contributed by atoms with E-state index in [9.17, 15) is 9.18 Å². The molecule has 1 aliphatic carbocycles. The summed E-state index contributed by atoms with van der Waals surface area (Å²) in [4.78, 5) is 11.6. The van der Waals surface area contributed by atoms with Gasteiger partial charge in [-0.15, -0.1) is 0 Å². The molecule has 0 radical (unpaired) electrons. The Hall–Kier alpha value is -0.930. The molecule has 1 aliphatic rings. The first-order chi connectivity index (χ1) is 8.15. The fourth-order valence-electron chi connectivity index (χ4n) is 1.67. The van der Waals surface area contributed by atoms with Crippen LogP contribution in [0.2, 0.25) is 5.02 Å². The summed E-state index contributed by atoms with van der Waals surface area (Å²) >= 11 is 5.57. The molecule has 0 bridgehead atoms. The molecule has 1 aromatic carbocycles. The summed E-state index contributed by atoms with van der Waals surface area (Å²) < 4.78 is 13.1. The van der Waals surface area contributed by atoms with Crippen molar-refractivity contribution in [3.8, 4) is 0 Å². The van der Waals surface area contributed by atoms with E-state index in [0.29, 0.717) is 18.0 Å². The van der Waals surface area contributed by atoms with Crippen LogP contribution in [0, 0.1) is 5.82 Å². The van der Waals surface area contributed by atoms with Gasteiger partial charge in [-0.3, -0.25) is 4.79 Å². The number of halogens is 2. The van der Waals surface area contributed by atoms with Crippen molar-refractivity contribution < 1.29 is 9.18 Å². The number of rotatable bonds is 6. The average Bonchev–Trinajstić information content (AvgIpc) is 3.07. The highest BCUT2D eigenvalue weighted by atomic mass is 35.5. The largest absolute Gasteiger partial charge is 0.314 e. The zero-order chi connectivity index (χ0) is 12.3. The Morgan fingerprint density at radius 3 is 2.88 bits per heavy atom. The molecule has 0 aromatic heterocycles. The minimum absolute atomic E-state index is 0.0941. The van der Waals surface area contributed by atoms with E-state index in [2.05, 4.69) is 5.32 Å².